The number of hydrogen-bond acceptors (Lipinski definition) is 3. The zero-order valence-electron chi connectivity index (χ0n) is 54.0. The molecule has 22 rings (SSSR count). The maximum atomic E-state index is 4.59. The van der Waals surface area contributed by atoms with Gasteiger partial charge in [0.15, 0.2) is 0 Å². The SMILES string of the molecule is c1ccc(-n2c3ccc(-c4ccc5c(c4)c4ccccc4n5-c4ccc5c6ccccc6c6ccccc6c5c4)cc3c3ccncc32)cc1.c1ccc(-n2c3ccc(-c4ccc5c(c4)c4ccncc4n5-c4ccc5c6ccccc6c6ccccc6c5c4)cc3c3ccncc32)cc1. The average molecular weight is 1270 g/mol. The third-order valence-electron chi connectivity index (χ3n) is 21.0. The van der Waals surface area contributed by atoms with Gasteiger partial charge in [-0.1, -0.05) is 188 Å². The first kappa shape index (κ1) is 55.8. The molecule has 0 bridgehead atoms. The third-order valence-corrected chi connectivity index (χ3v) is 21.0. The molecule has 7 aromatic heterocycles. The van der Waals surface area contributed by atoms with Gasteiger partial charge >= 0.3 is 0 Å². The number of benzene rings is 15. The number of fused-ring (bicyclic) bond motifs is 24. The van der Waals surface area contributed by atoms with Crippen LogP contribution < -0.4 is 0 Å². The van der Waals surface area contributed by atoms with Gasteiger partial charge in [0.25, 0.3) is 0 Å². The maximum Gasteiger partial charge on any atom is 0.0724 e. The van der Waals surface area contributed by atoms with Gasteiger partial charge in [-0.3, -0.25) is 15.0 Å². The van der Waals surface area contributed by atoms with Gasteiger partial charge in [-0.2, -0.15) is 0 Å². The topological polar surface area (TPSA) is 58.4 Å². The van der Waals surface area contributed by atoms with Gasteiger partial charge in [0.1, 0.15) is 0 Å². The second kappa shape index (κ2) is 22.0. The van der Waals surface area contributed by atoms with Crippen LogP contribution in [0.15, 0.2) is 347 Å². The van der Waals surface area contributed by atoms with Crippen LogP contribution >= 0.6 is 0 Å². The Labute approximate surface area is 573 Å². The number of para-hydroxylation sites is 3. The fraction of sp³-hybridized carbons (Fsp3) is 0. The molecule has 0 amide bonds. The average Bonchev–Trinajstić information content (AvgIpc) is 0.766. The van der Waals surface area contributed by atoms with Crippen molar-refractivity contribution in [1.82, 2.24) is 33.2 Å². The fourth-order valence-corrected chi connectivity index (χ4v) is 16.6. The van der Waals surface area contributed by atoms with E-state index in [9.17, 15) is 0 Å². The van der Waals surface area contributed by atoms with E-state index < -0.39 is 0 Å². The molecule has 0 aliphatic carbocycles. The van der Waals surface area contributed by atoms with Crippen molar-refractivity contribution < 1.29 is 0 Å². The summed E-state index contributed by atoms with van der Waals surface area (Å²) in [6.45, 7) is 0. The quantitative estimate of drug-likeness (QED) is 0.156. The molecule has 0 unspecified atom stereocenters. The van der Waals surface area contributed by atoms with E-state index in [1.165, 1.54) is 158 Å². The van der Waals surface area contributed by atoms with E-state index in [1.54, 1.807) is 0 Å². The summed E-state index contributed by atoms with van der Waals surface area (Å²) in [7, 11) is 0. The van der Waals surface area contributed by atoms with Gasteiger partial charge in [-0.15, -0.1) is 0 Å². The third kappa shape index (κ3) is 8.42. The van der Waals surface area contributed by atoms with Crippen molar-refractivity contribution in [2.24, 2.45) is 0 Å². The van der Waals surface area contributed by atoms with Crippen LogP contribution in [0.4, 0.5) is 0 Å². The van der Waals surface area contributed by atoms with Crippen molar-refractivity contribution in [3.63, 3.8) is 0 Å². The normalized spacial score (nSPS) is 12.0. The first-order valence-electron chi connectivity index (χ1n) is 34.1. The van der Waals surface area contributed by atoms with Gasteiger partial charge in [0, 0.05) is 84.4 Å². The number of hydrogen-bond donors (Lipinski definition) is 0. The molecule has 22 aromatic rings. The second-order valence-corrected chi connectivity index (χ2v) is 26.3. The Morgan fingerprint density at radius 3 is 0.740 bits per heavy atom. The molecule has 0 spiro atoms. The maximum absolute atomic E-state index is 4.59. The van der Waals surface area contributed by atoms with Crippen molar-refractivity contribution in [2.45, 2.75) is 0 Å². The minimum Gasteiger partial charge on any atom is -0.309 e. The highest BCUT2D eigenvalue weighted by molar-refractivity contribution is 6.27. The number of nitrogens with zero attached hydrogens (tertiary/aromatic N) is 7. The summed E-state index contributed by atoms with van der Waals surface area (Å²) in [6, 6.07) is 113. The van der Waals surface area contributed by atoms with E-state index in [4.69, 9.17) is 0 Å². The van der Waals surface area contributed by atoms with Gasteiger partial charge in [-0.05, 0) is 208 Å². The van der Waals surface area contributed by atoms with E-state index in [2.05, 4.69) is 343 Å². The Hall–Kier alpha value is -13.5. The molecule has 0 N–H and O–H groups in total. The van der Waals surface area contributed by atoms with Crippen LogP contribution in [0.3, 0.4) is 0 Å². The molecular weight excluding hydrogens is 1220 g/mol. The van der Waals surface area contributed by atoms with E-state index >= 15 is 0 Å². The Bertz CT molecular complexity index is 6650. The van der Waals surface area contributed by atoms with Crippen molar-refractivity contribution in [2.75, 3.05) is 0 Å². The predicted octanol–water partition coefficient (Wildman–Crippen LogP) is 24.2. The van der Waals surface area contributed by atoms with Crippen molar-refractivity contribution in [3.8, 4) is 45.0 Å². The Kier molecular flexibility index (Phi) is 12.3. The molecule has 0 fully saturated rings. The van der Waals surface area contributed by atoms with Crippen LogP contribution in [-0.2, 0) is 0 Å². The molecule has 0 saturated carbocycles. The fourth-order valence-electron chi connectivity index (χ4n) is 16.6. The Morgan fingerprint density at radius 1 is 0.150 bits per heavy atom. The Morgan fingerprint density at radius 2 is 0.400 bits per heavy atom. The number of rotatable bonds is 6. The van der Waals surface area contributed by atoms with Gasteiger partial charge < -0.3 is 18.3 Å². The van der Waals surface area contributed by atoms with Crippen molar-refractivity contribution >= 4 is 152 Å². The van der Waals surface area contributed by atoms with Crippen LogP contribution in [0.5, 0.6) is 0 Å². The summed E-state index contributed by atoms with van der Waals surface area (Å²) in [5, 5.41) is 25.1. The minimum atomic E-state index is 1.10. The standard InChI is InChI=1S/C47H29N3.C46H28N4/c1-2-10-32(11-3-1)49-45-22-18-31(27-43(45)40-24-25-48-29-47(40)49)30-19-23-46-42(26-30)39-16-8-9-17-44(39)50(46)33-20-21-38-36-14-5-4-12-34(36)35-13-6-7-15-37(35)41(38)28-33;1-2-8-31(9-3-1)49-43-18-14-29(24-41(43)38-20-22-47-27-45(38)49)30-15-19-44-42(25-30)39-21-23-48-28-46(39)50(44)32-16-17-37-35-12-5-4-10-33(35)34-11-6-7-13-36(34)40(37)26-32/h1-29H;1-28H. The molecule has 7 heteroatoms. The van der Waals surface area contributed by atoms with Gasteiger partial charge in [-0.25, -0.2) is 0 Å². The second-order valence-electron chi connectivity index (χ2n) is 26.3. The summed E-state index contributed by atoms with van der Waals surface area (Å²) in [5.41, 5.74) is 18.6. The lowest BCUT2D eigenvalue weighted by molar-refractivity contribution is 1.17. The van der Waals surface area contributed by atoms with E-state index in [0.717, 1.165) is 39.1 Å². The van der Waals surface area contributed by atoms with E-state index in [1.807, 2.05) is 37.2 Å². The summed E-state index contributed by atoms with van der Waals surface area (Å²) in [6.07, 6.45) is 11.6. The first-order valence-corrected chi connectivity index (χ1v) is 34.1. The molecule has 0 saturated heterocycles. The molecule has 0 aliphatic heterocycles. The molecule has 0 aliphatic rings. The highest BCUT2D eigenvalue weighted by Crippen LogP contribution is 2.44. The summed E-state index contributed by atoms with van der Waals surface area (Å²) >= 11 is 0. The molecule has 0 atom stereocenters. The highest BCUT2D eigenvalue weighted by Gasteiger charge is 2.21. The smallest absolute Gasteiger partial charge is 0.0724 e. The molecule has 15 aromatic carbocycles. The zero-order chi connectivity index (χ0) is 65.5. The zero-order valence-corrected chi connectivity index (χ0v) is 54.0. The molecular formula is C93H57N7. The lowest BCUT2D eigenvalue weighted by atomic mass is 9.94. The number of aromatic nitrogens is 7. The van der Waals surface area contributed by atoms with E-state index in [-0.39, 0.29) is 0 Å². The van der Waals surface area contributed by atoms with Crippen LogP contribution in [0.25, 0.3) is 197 Å². The molecule has 0 radical (unpaired) electrons. The van der Waals surface area contributed by atoms with Gasteiger partial charge in [0.2, 0.25) is 0 Å². The van der Waals surface area contributed by atoms with Crippen LogP contribution in [0.1, 0.15) is 0 Å². The lowest BCUT2D eigenvalue weighted by Gasteiger charge is -2.14. The van der Waals surface area contributed by atoms with E-state index in [0.29, 0.717) is 0 Å². The van der Waals surface area contributed by atoms with Crippen LogP contribution in [0, 0.1) is 0 Å². The molecule has 7 heterocycles. The van der Waals surface area contributed by atoms with Crippen molar-refractivity contribution in [1.29, 1.82) is 0 Å². The molecule has 464 valence electrons. The van der Waals surface area contributed by atoms with Crippen LogP contribution in [-0.4, -0.2) is 33.2 Å². The predicted molar refractivity (Wildman–Crippen MR) is 420 cm³/mol. The van der Waals surface area contributed by atoms with Gasteiger partial charge in [0.05, 0.1) is 62.7 Å². The van der Waals surface area contributed by atoms with Crippen LogP contribution in [0.2, 0.25) is 0 Å². The molecule has 7 nitrogen and oxygen atoms in total. The minimum absolute atomic E-state index is 1.10. The summed E-state index contributed by atoms with van der Waals surface area (Å²) in [4.78, 5) is 13.6. The summed E-state index contributed by atoms with van der Waals surface area (Å²) in [5.74, 6) is 0. The van der Waals surface area contributed by atoms with Crippen molar-refractivity contribution in [3.05, 3.63) is 347 Å². The summed E-state index contributed by atoms with van der Waals surface area (Å²) < 4.78 is 9.42. The molecule has 100 heavy (non-hydrogen) atoms. The number of pyridine rings is 3. The first-order chi connectivity index (χ1) is 49.6. The Balaban J connectivity index is 0.000000131. The largest absolute Gasteiger partial charge is 0.309 e. The lowest BCUT2D eigenvalue weighted by Crippen LogP contribution is -1.95. The highest BCUT2D eigenvalue weighted by atomic mass is 15.0. The monoisotopic (exact) mass is 1270 g/mol.